The van der Waals surface area contributed by atoms with Crippen LogP contribution >= 0.6 is 12.4 Å². The predicted molar refractivity (Wildman–Crippen MR) is 109 cm³/mol. The summed E-state index contributed by atoms with van der Waals surface area (Å²) in [6.07, 6.45) is 3.71. The van der Waals surface area contributed by atoms with E-state index in [9.17, 15) is 4.79 Å². The van der Waals surface area contributed by atoms with Gasteiger partial charge in [0, 0.05) is 56.9 Å². The minimum absolute atomic E-state index is 0. The molecule has 28 heavy (non-hydrogen) atoms. The van der Waals surface area contributed by atoms with Crippen LogP contribution in [0, 0.1) is 13.8 Å². The summed E-state index contributed by atoms with van der Waals surface area (Å²) in [7, 11) is 2.03. The van der Waals surface area contributed by atoms with Crippen LogP contribution in [0.1, 0.15) is 42.7 Å². The normalized spacial score (nSPS) is 17.6. The molecule has 2 aromatic heterocycles. The first-order valence-corrected chi connectivity index (χ1v) is 9.51. The van der Waals surface area contributed by atoms with Crippen LogP contribution in [0.5, 0.6) is 0 Å². The molecule has 0 radical (unpaired) electrons. The number of nitrogens with zero attached hydrogens (tertiary/aromatic N) is 5. The minimum atomic E-state index is -0.254. The molecule has 3 rings (SSSR count). The molecule has 0 bridgehead atoms. The number of hydrogen-bond acceptors (Lipinski definition) is 6. The van der Waals surface area contributed by atoms with Gasteiger partial charge in [-0.15, -0.1) is 12.4 Å². The fourth-order valence-corrected chi connectivity index (χ4v) is 3.63. The SMILES string of the molecule is Cc1nn(CC(=O)OC(C)C)c(C)c1CN1CCNCC1c1nccn1C.Cl. The molecule has 1 N–H and O–H groups in total. The number of halogens is 1. The Bertz CT molecular complexity index is 800. The van der Waals surface area contributed by atoms with Crippen LogP contribution in [0.2, 0.25) is 0 Å². The number of esters is 1. The van der Waals surface area contributed by atoms with E-state index < -0.39 is 0 Å². The second-order valence-electron chi connectivity index (χ2n) is 7.43. The van der Waals surface area contributed by atoms with E-state index in [-0.39, 0.29) is 37.1 Å². The molecule has 1 unspecified atom stereocenters. The zero-order valence-electron chi connectivity index (χ0n) is 17.3. The number of piperazine rings is 1. The second kappa shape index (κ2) is 9.54. The average Bonchev–Trinajstić information content (AvgIpc) is 3.13. The van der Waals surface area contributed by atoms with Gasteiger partial charge in [-0.3, -0.25) is 14.4 Å². The van der Waals surface area contributed by atoms with Crippen molar-refractivity contribution in [3.63, 3.8) is 0 Å². The van der Waals surface area contributed by atoms with Crippen LogP contribution in [0.4, 0.5) is 0 Å². The van der Waals surface area contributed by atoms with Gasteiger partial charge in [0.15, 0.2) is 0 Å². The summed E-state index contributed by atoms with van der Waals surface area (Å²) in [5.74, 6) is 0.806. The van der Waals surface area contributed by atoms with E-state index in [4.69, 9.17) is 4.74 Å². The smallest absolute Gasteiger partial charge is 0.328 e. The molecule has 2 aromatic rings. The molecule has 0 aliphatic carbocycles. The van der Waals surface area contributed by atoms with Gasteiger partial charge in [-0.1, -0.05) is 0 Å². The Morgan fingerprint density at radius 2 is 2.14 bits per heavy atom. The van der Waals surface area contributed by atoms with E-state index in [1.165, 1.54) is 5.56 Å². The number of imidazole rings is 1. The predicted octanol–water partition coefficient (Wildman–Crippen LogP) is 1.75. The second-order valence-corrected chi connectivity index (χ2v) is 7.43. The molecule has 3 heterocycles. The van der Waals surface area contributed by atoms with E-state index >= 15 is 0 Å². The maximum Gasteiger partial charge on any atom is 0.328 e. The topological polar surface area (TPSA) is 77.2 Å². The molecule has 0 amide bonds. The minimum Gasteiger partial charge on any atom is -0.462 e. The van der Waals surface area contributed by atoms with Gasteiger partial charge in [0.25, 0.3) is 0 Å². The number of rotatable bonds is 6. The molecule has 1 aliphatic heterocycles. The summed E-state index contributed by atoms with van der Waals surface area (Å²) in [6.45, 7) is 11.4. The van der Waals surface area contributed by atoms with Crippen molar-refractivity contribution in [1.29, 1.82) is 0 Å². The largest absolute Gasteiger partial charge is 0.462 e. The molecule has 1 fully saturated rings. The lowest BCUT2D eigenvalue weighted by molar-refractivity contribution is -0.148. The number of hydrogen-bond donors (Lipinski definition) is 1. The monoisotopic (exact) mass is 410 g/mol. The highest BCUT2D eigenvalue weighted by Crippen LogP contribution is 2.25. The van der Waals surface area contributed by atoms with Gasteiger partial charge in [-0.05, 0) is 27.7 Å². The molecule has 0 saturated carbocycles. The third-order valence-corrected chi connectivity index (χ3v) is 5.05. The summed E-state index contributed by atoms with van der Waals surface area (Å²) in [4.78, 5) is 19.0. The number of carbonyl (C=O) groups is 1. The van der Waals surface area contributed by atoms with Crippen molar-refractivity contribution in [3.8, 4) is 0 Å². The van der Waals surface area contributed by atoms with E-state index in [0.29, 0.717) is 0 Å². The zero-order chi connectivity index (χ0) is 19.6. The quantitative estimate of drug-likeness (QED) is 0.731. The van der Waals surface area contributed by atoms with E-state index in [2.05, 4.69) is 24.9 Å². The molecular formula is C19H31ClN6O2. The van der Waals surface area contributed by atoms with Gasteiger partial charge in [0.1, 0.15) is 12.4 Å². The summed E-state index contributed by atoms with van der Waals surface area (Å²) in [6, 6.07) is 0.215. The van der Waals surface area contributed by atoms with Gasteiger partial charge in [-0.25, -0.2) is 4.98 Å². The summed E-state index contributed by atoms with van der Waals surface area (Å²) >= 11 is 0. The summed E-state index contributed by atoms with van der Waals surface area (Å²) in [5, 5.41) is 8.05. The van der Waals surface area contributed by atoms with Crippen LogP contribution < -0.4 is 5.32 Å². The maximum atomic E-state index is 12.0. The van der Waals surface area contributed by atoms with Gasteiger partial charge < -0.3 is 14.6 Å². The first-order valence-electron chi connectivity index (χ1n) is 9.51. The lowest BCUT2D eigenvalue weighted by atomic mass is 10.1. The highest BCUT2D eigenvalue weighted by molar-refractivity contribution is 5.85. The van der Waals surface area contributed by atoms with E-state index in [1.54, 1.807) is 4.68 Å². The highest BCUT2D eigenvalue weighted by atomic mass is 35.5. The van der Waals surface area contributed by atoms with E-state index in [0.717, 1.165) is 43.4 Å². The Hall–Kier alpha value is -1.90. The molecule has 0 spiro atoms. The molecule has 1 aliphatic rings. The fourth-order valence-electron chi connectivity index (χ4n) is 3.63. The Labute approximate surface area is 172 Å². The Morgan fingerprint density at radius 1 is 1.39 bits per heavy atom. The van der Waals surface area contributed by atoms with Crippen molar-refractivity contribution < 1.29 is 9.53 Å². The van der Waals surface area contributed by atoms with E-state index in [1.807, 2.05) is 47.1 Å². The molecule has 1 saturated heterocycles. The van der Waals surface area contributed by atoms with Gasteiger partial charge in [-0.2, -0.15) is 5.10 Å². The van der Waals surface area contributed by atoms with Crippen LogP contribution in [-0.4, -0.2) is 55.9 Å². The van der Waals surface area contributed by atoms with Crippen molar-refractivity contribution in [3.05, 3.63) is 35.2 Å². The third kappa shape index (κ3) is 4.92. The molecule has 8 nitrogen and oxygen atoms in total. The van der Waals surface area contributed by atoms with Crippen LogP contribution in [0.3, 0.4) is 0 Å². The molecular weight excluding hydrogens is 380 g/mol. The third-order valence-electron chi connectivity index (χ3n) is 5.05. The van der Waals surface area contributed by atoms with Crippen molar-refractivity contribution >= 4 is 18.4 Å². The Morgan fingerprint density at radius 3 is 2.79 bits per heavy atom. The fraction of sp³-hybridized carbons (Fsp3) is 0.632. The first kappa shape index (κ1) is 22.4. The molecule has 1 atom stereocenters. The highest BCUT2D eigenvalue weighted by Gasteiger charge is 2.28. The van der Waals surface area contributed by atoms with Gasteiger partial charge in [0.05, 0.1) is 17.8 Å². The molecule has 156 valence electrons. The Kier molecular flexibility index (Phi) is 7.63. The van der Waals surface area contributed by atoms with Gasteiger partial charge >= 0.3 is 5.97 Å². The van der Waals surface area contributed by atoms with Crippen molar-refractivity contribution in [2.45, 2.75) is 52.9 Å². The Balaban J connectivity index is 0.00000280. The van der Waals surface area contributed by atoms with Crippen LogP contribution in [0.15, 0.2) is 12.4 Å². The van der Waals surface area contributed by atoms with Crippen LogP contribution in [-0.2, 0) is 29.7 Å². The van der Waals surface area contributed by atoms with Crippen molar-refractivity contribution in [2.24, 2.45) is 7.05 Å². The first-order chi connectivity index (χ1) is 12.9. The average molecular weight is 411 g/mol. The molecule has 0 aromatic carbocycles. The van der Waals surface area contributed by atoms with Crippen LogP contribution in [0.25, 0.3) is 0 Å². The lowest BCUT2D eigenvalue weighted by Gasteiger charge is -2.35. The summed E-state index contributed by atoms with van der Waals surface area (Å²) < 4.78 is 9.09. The number of aromatic nitrogens is 4. The number of nitrogens with one attached hydrogen (secondary N) is 1. The maximum absolute atomic E-state index is 12.0. The standard InChI is InChI=1S/C19H30N6O2.ClH/c1-13(2)27-18(26)12-25-15(4)16(14(3)22-25)11-24-9-6-20-10-17(24)19-21-7-8-23(19)5;/h7-8,13,17,20H,6,9-12H2,1-5H3;1H. The molecule has 9 heteroatoms. The van der Waals surface area contributed by atoms with Crippen molar-refractivity contribution in [1.82, 2.24) is 29.5 Å². The number of carbonyl (C=O) groups excluding carboxylic acids is 1. The lowest BCUT2D eigenvalue weighted by Crippen LogP contribution is -2.46. The number of aryl methyl sites for hydroxylation is 2. The van der Waals surface area contributed by atoms with Gasteiger partial charge in [0.2, 0.25) is 0 Å². The zero-order valence-corrected chi connectivity index (χ0v) is 18.1. The van der Waals surface area contributed by atoms with Crippen molar-refractivity contribution in [2.75, 3.05) is 19.6 Å². The summed E-state index contributed by atoms with van der Waals surface area (Å²) in [5.41, 5.74) is 3.15. The number of ether oxygens (including phenoxy) is 1.